The molecule has 0 radical (unpaired) electrons. The molecule has 0 saturated carbocycles. The maximum absolute atomic E-state index is 9.48. The molecule has 8 heteroatoms. The van der Waals surface area contributed by atoms with Crippen molar-refractivity contribution in [2.24, 2.45) is 5.73 Å². The van der Waals surface area contributed by atoms with Gasteiger partial charge in [-0.2, -0.15) is 0 Å². The molecule has 0 spiro atoms. The van der Waals surface area contributed by atoms with E-state index < -0.39 is 0 Å². The molecule has 5 N–H and O–H groups in total. The molecule has 0 aliphatic carbocycles. The van der Waals surface area contributed by atoms with Crippen LogP contribution in [-0.4, -0.2) is 83.2 Å². The van der Waals surface area contributed by atoms with Gasteiger partial charge in [-0.1, -0.05) is 6.92 Å². The Hall–Kier alpha value is -0.610. The number of methoxy groups -OCH3 is 2. The predicted molar refractivity (Wildman–Crippen MR) is 96.9 cm³/mol. The molecule has 2 unspecified atom stereocenters. The fourth-order valence-corrected chi connectivity index (χ4v) is 1.50. The Kier molecular flexibility index (Phi) is 62.5. The van der Waals surface area contributed by atoms with E-state index >= 15 is 0 Å². The molecule has 1 fully saturated rings. The quantitative estimate of drug-likeness (QED) is 0.413. The number of aldehydes is 1. The zero-order valence-corrected chi connectivity index (χ0v) is 16.5. The van der Waals surface area contributed by atoms with Crippen molar-refractivity contribution in [1.29, 1.82) is 0 Å². The Morgan fingerprint density at radius 2 is 1.58 bits per heavy atom. The van der Waals surface area contributed by atoms with Crippen LogP contribution < -0.4 is 5.73 Å². The molecule has 8 nitrogen and oxygen atoms in total. The summed E-state index contributed by atoms with van der Waals surface area (Å²) in [6.45, 7) is 2.70. The highest BCUT2D eigenvalue weighted by Crippen LogP contribution is 2.20. The average molecular weight is 360 g/mol. The summed E-state index contributed by atoms with van der Waals surface area (Å²) in [5, 5.41) is 21.0. The normalized spacial score (nSPS) is 17.3. The van der Waals surface area contributed by atoms with E-state index in [1.165, 1.54) is 19.9 Å². The van der Waals surface area contributed by atoms with Gasteiger partial charge in [-0.05, 0) is 32.7 Å². The lowest BCUT2D eigenvalue weighted by molar-refractivity contribution is -0.180. The molecule has 1 rings (SSSR count). The van der Waals surface area contributed by atoms with Crippen LogP contribution in [0.3, 0.4) is 0 Å². The molecule has 24 heavy (non-hydrogen) atoms. The zero-order chi connectivity index (χ0) is 20.2. The highest BCUT2D eigenvalue weighted by Gasteiger charge is 2.19. The van der Waals surface area contributed by atoms with Gasteiger partial charge in [0.25, 0.3) is 0 Å². The second kappa shape index (κ2) is 43.3. The number of aliphatic hydroxyl groups is 3. The number of carbonyl (C=O) groups is 1. The van der Waals surface area contributed by atoms with Crippen LogP contribution in [0.2, 0.25) is 0 Å². The maximum atomic E-state index is 9.48. The van der Waals surface area contributed by atoms with Crippen LogP contribution in [0, 0.1) is 0 Å². The van der Waals surface area contributed by atoms with Gasteiger partial charge in [0.15, 0.2) is 6.29 Å². The summed E-state index contributed by atoms with van der Waals surface area (Å²) in [5.74, 6) is 0. The van der Waals surface area contributed by atoms with Crippen molar-refractivity contribution < 1.29 is 34.3 Å². The lowest BCUT2D eigenvalue weighted by atomic mass is 10.1. The summed E-state index contributed by atoms with van der Waals surface area (Å²) in [6.07, 6.45) is 6.48. The SMILES string of the molecule is CCC1CCCC(OC)O1.CN.CO.CO.CO.COCCC=O. The van der Waals surface area contributed by atoms with Gasteiger partial charge in [0.2, 0.25) is 0 Å². The molecule has 1 saturated heterocycles. The van der Waals surface area contributed by atoms with Crippen molar-refractivity contribution in [2.75, 3.05) is 49.2 Å². The third kappa shape index (κ3) is 33.1. The molecule has 1 aliphatic rings. The first-order valence-corrected chi connectivity index (χ1v) is 7.81. The first kappa shape index (κ1) is 34.7. The number of ether oxygens (including phenoxy) is 3. The van der Waals surface area contributed by atoms with E-state index in [-0.39, 0.29) is 6.29 Å². The van der Waals surface area contributed by atoms with Crippen LogP contribution in [0.4, 0.5) is 0 Å². The van der Waals surface area contributed by atoms with Gasteiger partial charge in [0.05, 0.1) is 12.7 Å². The number of nitrogens with two attached hydrogens (primary N) is 1. The Bertz CT molecular complexity index is 165. The summed E-state index contributed by atoms with van der Waals surface area (Å²) < 4.78 is 15.2. The molecule has 0 aromatic rings. The van der Waals surface area contributed by atoms with Crippen molar-refractivity contribution in [3.63, 3.8) is 0 Å². The summed E-state index contributed by atoms with van der Waals surface area (Å²) in [7, 11) is 7.78. The van der Waals surface area contributed by atoms with E-state index in [2.05, 4.69) is 17.4 Å². The van der Waals surface area contributed by atoms with Gasteiger partial charge in [-0.15, -0.1) is 0 Å². The molecule has 0 amide bonds. The lowest BCUT2D eigenvalue weighted by Crippen LogP contribution is -2.28. The van der Waals surface area contributed by atoms with Gasteiger partial charge in [-0.25, -0.2) is 0 Å². The smallest absolute Gasteiger partial charge is 0.157 e. The van der Waals surface area contributed by atoms with Crippen LogP contribution in [0.5, 0.6) is 0 Å². The van der Waals surface area contributed by atoms with Crippen molar-refractivity contribution >= 4 is 6.29 Å². The first-order chi connectivity index (χ1) is 11.8. The molecular weight excluding hydrogens is 318 g/mol. The van der Waals surface area contributed by atoms with Gasteiger partial charge in [-0.3, -0.25) is 0 Å². The molecule has 1 heterocycles. The van der Waals surface area contributed by atoms with E-state index in [1.807, 2.05) is 0 Å². The van der Waals surface area contributed by atoms with Crippen molar-refractivity contribution in [3.8, 4) is 0 Å². The summed E-state index contributed by atoms with van der Waals surface area (Å²) in [6, 6.07) is 0. The van der Waals surface area contributed by atoms with Gasteiger partial charge in [0, 0.05) is 42.0 Å². The third-order valence-corrected chi connectivity index (χ3v) is 2.47. The topological polar surface area (TPSA) is 131 Å². The Labute approximate surface area is 147 Å². The van der Waals surface area contributed by atoms with Crippen LogP contribution >= 0.6 is 0 Å². The van der Waals surface area contributed by atoms with Crippen molar-refractivity contribution in [2.45, 2.75) is 51.4 Å². The molecule has 0 bridgehead atoms. The fraction of sp³-hybridized carbons (Fsp3) is 0.938. The van der Waals surface area contributed by atoms with Crippen LogP contribution in [0.15, 0.2) is 0 Å². The minimum absolute atomic E-state index is 0.0682. The Morgan fingerprint density at radius 1 is 1.08 bits per heavy atom. The molecule has 152 valence electrons. The Balaban J connectivity index is -0.0000000743. The summed E-state index contributed by atoms with van der Waals surface area (Å²) in [5.41, 5.74) is 4.50. The maximum Gasteiger partial charge on any atom is 0.157 e. The van der Waals surface area contributed by atoms with E-state index in [4.69, 9.17) is 24.8 Å². The number of carbonyl (C=O) groups excluding carboxylic acids is 1. The third-order valence-electron chi connectivity index (χ3n) is 2.47. The fourth-order valence-electron chi connectivity index (χ4n) is 1.50. The second-order valence-corrected chi connectivity index (χ2v) is 3.71. The number of aliphatic hydroxyl groups excluding tert-OH is 3. The van der Waals surface area contributed by atoms with Gasteiger partial charge in [0.1, 0.15) is 6.29 Å². The average Bonchev–Trinajstić information content (AvgIpc) is 2.72. The minimum Gasteiger partial charge on any atom is -0.400 e. The minimum atomic E-state index is 0.0682. The number of hydrogen-bond donors (Lipinski definition) is 4. The van der Waals surface area contributed by atoms with E-state index in [0.29, 0.717) is 19.1 Å². The molecule has 0 aromatic heterocycles. The van der Waals surface area contributed by atoms with Crippen molar-refractivity contribution in [1.82, 2.24) is 0 Å². The number of rotatable bonds is 5. The van der Waals surface area contributed by atoms with Gasteiger partial charge < -0.3 is 40.1 Å². The number of hydrogen-bond acceptors (Lipinski definition) is 8. The molecule has 2 atom stereocenters. The molecule has 1 aliphatic heterocycles. The monoisotopic (exact) mass is 359 g/mol. The van der Waals surface area contributed by atoms with E-state index in [9.17, 15) is 4.79 Å². The highest BCUT2D eigenvalue weighted by atomic mass is 16.7. The van der Waals surface area contributed by atoms with Crippen LogP contribution in [0.1, 0.15) is 39.0 Å². The highest BCUT2D eigenvalue weighted by molar-refractivity contribution is 5.49. The second-order valence-electron chi connectivity index (χ2n) is 3.71. The standard InChI is InChI=1S/C8H16O2.C4H8O2.CH5N.3CH4O/c1-3-7-5-4-6-8(9-2)10-7;1-6-4-2-3-5;4*1-2/h7-8H,3-6H2,1-2H3;3H,2,4H2,1H3;2H2,1H3;3*2H,1H3. The first-order valence-electron chi connectivity index (χ1n) is 7.81. The molecular formula is C16H41NO7. The van der Waals surface area contributed by atoms with Crippen molar-refractivity contribution in [3.05, 3.63) is 0 Å². The van der Waals surface area contributed by atoms with Crippen LogP contribution in [0.25, 0.3) is 0 Å². The van der Waals surface area contributed by atoms with Gasteiger partial charge >= 0.3 is 0 Å². The lowest BCUT2D eigenvalue weighted by Gasteiger charge is -2.27. The van der Waals surface area contributed by atoms with E-state index in [1.54, 1.807) is 14.2 Å². The Morgan fingerprint density at radius 3 is 1.88 bits per heavy atom. The molecule has 0 aromatic carbocycles. The van der Waals surface area contributed by atoms with E-state index in [0.717, 1.165) is 40.5 Å². The zero-order valence-electron chi connectivity index (χ0n) is 16.5. The summed E-state index contributed by atoms with van der Waals surface area (Å²) in [4.78, 5) is 9.48. The van der Waals surface area contributed by atoms with Crippen LogP contribution in [-0.2, 0) is 19.0 Å². The largest absolute Gasteiger partial charge is 0.400 e. The summed E-state index contributed by atoms with van der Waals surface area (Å²) >= 11 is 0. The predicted octanol–water partition coefficient (Wildman–Crippen LogP) is 0.560.